The van der Waals surface area contributed by atoms with Crippen LogP contribution in [0.2, 0.25) is 0 Å². The van der Waals surface area contributed by atoms with Crippen LogP contribution < -0.4 is 0 Å². The fourth-order valence-electron chi connectivity index (χ4n) is 2.95. The Morgan fingerprint density at radius 1 is 0.808 bits per heavy atom. The summed E-state index contributed by atoms with van der Waals surface area (Å²) in [6, 6.07) is 11.3. The van der Waals surface area contributed by atoms with E-state index in [1.54, 1.807) is 17.4 Å². The molecule has 0 aliphatic rings. The van der Waals surface area contributed by atoms with Gasteiger partial charge in [0, 0.05) is 14.6 Å². The number of rotatable bonds is 6. The van der Waals surface area contributed by atoms with Crippen LogP contribution in [0, 0.1) is 0 Å². The van der Waals surface area contributed by atoms with Gasteiger partial charge in [0.2, 0.25) is 0 Å². The first-order valence-electron chi connectivity index (χ1n) is 8.27. The number of hydrogen-bond donors (Lipinski definition) is 2. The van der Waals surface area contributed by atoms with E-state index in [1.165, 1.54) is 11.3 Å². The van der Waals surface area contributed by atoms with Crippen molar-refractivity contribution in [2.24, 2.45) is 0 Å². The smallest absolute Gasteiger partial charge is 0.345 e. The molecule has 0 saturated carbocycles. The Morgan fingerprint density at radius 3 is 1.85 bits per heavy atom. The number of carbonyl (C=O) groups is 2. The molecule has 0 bridgehead atoms. The predicted molar refractivity (Wildman–Crippen MR) is 106 cm³/mol. The standard InChI is InChI=1S/C20H18O4S2/c1-3-11-9-13(10-12(4-2)18(11)20(23)24)14-5-6-15(25-14)16-7-8-17(26-16)19(21)22/h5-10H,3-4H2,1-2H3,(H,21,22)(H,23,24). The van der Waals surface area contributed by atoms with Gasteiger partial charge in [-0.15, -0.1) is 22.7 Å². The maximum atomic E-state index is 11.6. The Kier molecular flexibility index (Phi) is 5.25. The van der Waals surface area contributed by atoms with Gasteiger partial charge in [0.1, 0.15) is 4.88 Å². The highest BCUT2D eigenvalue weighted by atomic mass is 32.1. The van der Waals surface area contributed by atoms with Crippen molar-refractivity contribution in [1.82, 2.24) is 0 Å². The Labute approximate surface area is 159 Å². The molecule has 0 spiro atoms. The minimum absolute atomic E-state index is 0.322. The summed E-state index contributed by atoms with van der Waals surface area (Å²) in [5.41, 5.74) is 3.10. The third kappa shape index (κ3) is 3.43. The molecule has 26 heavy (non-hydrogen) atoms. The number of carboxylic acid groups (broad SMARTS) is 2. The van der Waals surface area contributed by atoms with Gasteiger partial charge in [-0.1, -0.05) is 13.8 Å². The number of benzene rings is 1. The average molecular weight is 386 g/mol. The molecule has 2 heterocycles. The molecule has 2 N–H and O–H groups in total. The third-order valence-corrected chi connectivity index (χ3v) is 6.63. The maximum Gasteiger partial charge on any atom is 0.345 e. The Balaban J connectivity index is 2.03. The molecule has 0 radical (unpaired) electrons. The summed E-state index contributed by atoms with van der Waals surface area (Å²) in [6.45, 7) is 3.92. The van der Waals surface area contributed by atoms with Crippen molar-refractivity contribution in [3.63, 3.8) is 0 Å². The zero-order valence-corrected chi connectivity index (χ0v) is 16.0. The minimum Gasteiger partial charge on any atom is -0.478 e. The van der Waals surface area contributed by atoms with Gasteiger partial charge in [-0.25, -0.2) is 9.59 Å². The first-order chi connectivity index (χ1) is 12.4. The number of thiophene rings is 2. The van der Waals surface area contributed by atoms with E-state index in [1.807, 2.05) is 44.2 Å². The van der Waals surface area contributed by atoms with E-state index >= 15 is 0 Å². The van der Waals surface area contributed by atoms with Crippen molar-refractivity contribution in [3.05, 3.63) is 58.0 Å². The molecule has 6 heteroatoms. The molecule has 3 aromatic rings. The zero-order valence-electron chi connectivity index (χ0n) is 14.4. The van der Waals surface area contributed by atoms with Crippen LogP contribution in [-0.4, -0.2) is 22.2 Å². The molecular weight excluding hydrogens is 368 g/mol. The summed E-state index contributed by atoms with van der Waals surface area (Å²) in [5, 5.41) is 18.6. The summed E-state index contributed by atoms with van der Waals surface area (Å²) in [5.74, 6) is -1.79. The second kappa shape index (κ2) is 7.43. The average Bonchev–Trinajstić information content (AvgIpc) is 3.29. The van der Waals surface area contributed by atoms with E-state index in [0.29, 0.717) is 23.3 Å². The summed E-state index contributed by atoms with van der Waals surface area (Å²) in [4.78, 5) is 26.0. The second-order valence-corrected chi connectivity index (χ2v) is 7.98. The minimum atomic E-state index is -0.914. The Morgan fingerprint density at radius 2 is 1.35 bits per heavy atom. The summed E-state index contributed by atoms with van der Waals surface area (Å²) in [7, 11) is 0. The molecule has 0 aliphatic heterocycles. The zero-order chi connectivity index (χ0) is 18.8. The van der Waals surface area contributed by atoms with Crippen LogP contribution in [0.15, 0.2) is 36.4 Å². The summed E-state index contributed by atoms with van der Waals surface area (Å²) < 4.78 is 0. The molecule has 134 valence electrons. The van der Waals surface area contributed by atoms with E-state index in [-0.39, 0.29) is 0 Å². The lowest BCUT2D eigenvalue weighted by molar-refractivity contribution is 0.0686. The molecule has 0 fully saturated rings. The quantitative estimate of drug-likeness (QED) is 0.573. The highest BCUT2D eigenvalue weighted by Crippen LogP contribution is 2.38. The van der Waals surface area contributed by atoms with Crippen LogP contribution in [0.1, 0.15) is 45.0 Å². The van der Waals surface area contributed by atoms with Gasteiger partial charge in [-0.3, -0.25) is 0 Å². The van der Waals surface area contributed by atoms with Crippen LogP contribution in [0.3, 0.4) is 0 Å². The van der Waals surface area contributed by atoms with Crippen molar-refractivity contribution < 1.29 is 19.8 Å². The topological polar surface area (TPSA) is 74.6 Å². The van der Waals surface area contributed by atoms with Crippen molar-refractivity contribution in [3.8, 4) is 20.2 Å². The molecule has 0 unspecified atom stereocenters. The van der Waals surface area contributed by atoms with Crippen LogP contribution in [-0.2, 0) is 12.8 Å². The molecule has 4 nitrogen and oxygen atoms in total. The fourth-order valence-corrected chi connectivity index (χ4v) is 4.88. The highest BCUT2D eigenvalue weighted by Gasteiger charge is 2.17. The SMILES string of the molecule is CCc1cc(-c2ccc(-c3ccc(C(=O)O)s3)s2)cc(CC)c1C(=O)O. The number of aryl methyl sites for hydroxylation is 2. The van der Waals surface area contributed by atoms with Gasteiger partial charge in [0.25, 0.3) is 0 Å². The molecule has 1 aromatic carbocycles. The largest absolute Gasteiger partial charge is 0.478 e. The third-order valence-electron chi connectivity index (χ3n) is 4.23. The van der Waals surface area contributed by atoms with E-state index in [0.717, 1.165) is 31.3 Å². The van der Waals surface area contributed by atoms with Crippen LogP contribution in [0.25, 0.3) is 20.2 Å². The normalized spacial score (nSPS) is 10.8. The first-order valence-corrected chi connectivity index (χ1v) is 9.90. The van der Waals surface area contributed by atoms with Crippen LogP contribution in [0.4, 0.5) is 0 Å². The number of hydrogen-bond acceptors (Lipinski definition) is 4. The maximum absolute atomic E-state index is 11.6. The second-order valence-electron chi connectivity index (χ2n) is 5.81. The van der Waals surface area contributed by atoms with Gasteiger partial charge in [0.05, 0.1) is 5.56 Å². The van der Waals surface area contributed by atoms with Crippen molar-refractivity contribution >= 4 is 34.6 Å². The van der Waals surface area contributed by atoms with Crippen molar-refractivity contribution in [1.29, 1.82) is 0 Å². The molecule has 2 aromatic heterocycles. The number of aromatic carboxylic acids is 2. The summed E-state index contributed by atoms with van der Waals surface area (Å²) >= 11 is 2.84. The summed E-state index contributed by atoms with van der Waals surface area (Å²) in [6.07, 6.45) is 1.32. The lowest BCUT2D eigenvalue weighted by atomic mass is 9.94. The van der Waals surface area contributed by atoms with E-state index < -0.39 is 11.9 Å². The van der Waals surface area contributed by atoms with Crippen LogP contribution in [0.5, 0.6) is 0 Å². The van der Waals surface area contributed by atoms with Crippen LogP contribution >= 0.6 is 22.7 Å². The molecule has 0 aliphatic carbocycles. The van der Waals surface area contributed by atoms with Gasteiger partial charge in [-0.05, 0) is 65.9 Å². The van der Waals surface area contributed by atoms with Gasteiger partial charge < -0.3 is 10.2 Å². The molecule has 0 atom stereocenters. The van der Waals surface area contributed by atoms with Crippen molar-refractivity contribution in [2.45, 2.75) is 26.7 Å². The fraction of sp³-hybridized carbons (Fsp3) is 0.200. The molecule has 3 rings (SSSR count). The Hall–Kier alpha value is -2.44. The monoisotopic (exact) mass is 386 g/mol. The predicted octanol–water partition coefficient (Wildman–Crippen LogP) is 5.66. The van der Waals surface area contributed by atoms with E-state index in [2.05, 4.69) is 0 Å². The highest BCUT2D eigenvalue weighted by molar-refractivity contribution is 7.24. The van der Waals surface area contributed by atoms with Gasteiger partial charge in [-0.2, -0.15) is 0 Å². The lowest BCUT2D eigenvalue weighted by Gasteiger charge is -2.12. The molecular formula is C20H18O4S2. The Bertz CT molecular complexity index is 956. The lowest BCUT2D eigenvalue weighted by Crippen LogP contribution is -2.07. The van der Waals surface area contributed by atoms with Gasteiger partial charge >= 0.3 is 11.9 Å². The van der Waals surface area contributed by atoms with Crippen molar-refractivity contribution in [2.75, 3.05) is 0 Å². The van der Waals surface area contributed by atoms with E-state index in [9.17, 15) is 14.7 Å². The van der Waals surface area contributed by atoms with Gasteiger partial charge in [0.15, 0.2) is 0 Å². The van der Waals surface area contributed by atoms with E-state index in [4.69, 9.17) is 5.11 Å². The molecule has 0 amide bonds. The molecule has 0 saturated heterocycles. The number of carboxylic acids is 2. The first kappa shape index (κ1) is 18.4.